The third-order valence-corrected chi connectivity index (χ3v) is 7.84. The van der Waals surface area contributed by atoms with E-state index >= 15 is 0 Å². The van der Waals surface area contributed by atoms with E-state index in [4.69, 9.17) is 21.0 Å². The summed E-state index contributed by atoms with van der Waals surface area (Å²) in [6.45, 7) is 2.15. The van der Waals surface area contributed by atoms with Crippen molar-refractivity contribution in [1.82, 2.24) is 19.9 Å². The van der Waals surface area contributed by atoms with Crippen molar-refractivity contribution >= 4 is 45.8 Å². The average Bonchev–Trinajstić information content (AvgIpc) is 3.51. The highest BCUT2D eigenvalue weighted by molar-refractivity contribution is 7.17. The molecule has 1 aliphatic heterocycles. The Kier molecular flexibility index (Phi) is 4.41. The van der Waals surface area contributed by atoms with E-state index in [2.05, 4.69) is 20.2 Å². The largest absolute Gasteiger partial charge is 0.443 e. The number of nitrogens with zero attached hydrogens (tertiary/aromatic N) is 3. The molecule has 2 N–H and O–H groups in total. The van der Waals surface area contributed by atoms with Gasteiger partial charge in [-0.3, -0.25) is 10.1 Å². The van der Waals surface area contributed by atoms with Gasteiger partial charge in [-0.05, 0) is 55.5 Å². The number of anilines is 1. The molecule has 158 valence electrons. The van der Waals surface area contributed by atoms with Crippen LogP contribution < -0.4 is 10.6 Å². The van der Waals surface area contributed by atoms with E-state index in [1.165, 1.54) is 24.2 Å². The number of halogens is 1. The van der Waals surface area contributed by atoms with Gasteiger partial charge in [0.2, 0.25) is 5.95 Å². The topological polar surface area (TPSA) is 85.0 Å². The number of para-hydroxylation sites is 1. The van der Waals surface area contributed by atoms with Crippen molar-refractivity contribution in [3.63, 3.8) is 0 Å². The number of benzene rings is 1. The standard InChI is InChI=1S/C22H20ClN5O2S/c23-14-2-1-3-15-19(14)26-21(28(15)13-8-22(9-13)6-7-24-11-22)27-20(29)18-5-4-17(31-18)16-10-25-12-30-16/h1-5,10,12-13,24H,6-9,11H2,(H,26,27,29). The molecule has 9 heteroatoms. The summed E-state index contributed by atoms with van der Waals surface area (Å²) in [5.74, 6) is 1.00. The maximum absolute atomic E-state index is 13.0. The Balaban J connectivity index is 1.32. The molecule has 1 aromatic carbocycles. The number of hydrogen-bond donors (Lipinski definition) is 2. The molecule has 0 unspecified atom stereocenters. The van der Waals surface area contributed by atoms with Crippen molar-refractivity contribution in [2.24, 2.45) is 5.41 Å². The highest BCUT2D eigenvalue weighted by Crippen LogP contribution is 2.53. The van der Waals surface area contributed by atoms with Gasteiger partial charge < -0.3 is 14.3 Å². The van der Waals surface area contributed by atoms with Crippen LogP contribution in [0.1, 0.15) is 35.0 Å². The predicted molar refractivity (Wildman–Crippen MR) is 121 cm³/mol. The number of oxazole rings is 1. The minimum Gasteiger partial charge on any atom is -0.443 e. The zero-order valence-corrected chi connectivity index (χ0v) is 18.2. The minimum atomic E-state index is -0.194. The number of nitrogens with one attached hydrogen (secondary N) is 2. The van der Waals surface area contributed by atoms with E-state index in [0.717, 1.165) is 41.8 Å². The van der Waals surface area contributed by atoms with Crippen molar-refractivity contribution in [2.45, 2.75) is 25.3 Å². The summed E-state index contributed by atoms with van der Waals surface area (Å²) in [5, 5.41) is 7.11. The molecule has 2 fully saturated rings. The monoisotopic (exact) mass is 453 g/mol. The minimum absolute atomic E-state index is 0.194. The molecule has 1 amide bonds. The first kappa shape index (κ1) is 19.0. The van der Waals surface area contributed by atoms with E-state index in [-0.39, 0.29) is 5.91 Å². The van der Waals surface area contributed by atoms with Crippen LogP contribution in [0.3, 0.4) is 0 Å². The van der Waals surface area contributed by atoms with E-state index in [9.17, 15) is 4.79 Å². The van der Waals surface area contributed by atoms with Crippen LogP contribution in [0.5, 0.6) is 0 Å². The SMILES string of the molecule is O=C(Nc1nc2c(Cl)cccc2n1C1CC2(CCNC2)C1)c1ccc(-c2cnco2)s1. The number of fused-ring (bicyclic) bond motifs is 1. The van der Waals surface area contributed by atoms with Crippen molar-refractivity contribution in [1.29, 1.82) is 0 Å². The van der Waals surface area contributed by atoms with Crippen molar-refractivity contribution in [3.05, 3.63) is 52.8 Å². The van der Waals surface area contributed by atoms with Gasteiger partial charge >= 0.3 is 0 Å². The van der Waals surface area contributed by atoms with Gasteiger partial charge in [0.05, 0.1) is 26.5 Å². The molecule has 1 spiro atoms. The number of carbonyl (C=O) groups is 1. The van der Waals surface area contributed by atoms with Crippen LogP contribution in [0, 0.1) is 5.41 Å². The van der Waals surface area contributed by atoms with Gasteiger partial charge in [-0.25, -0.2) is 9.97 Å². The zero-order chi connectivity index (χ0) is 21.0. The van der Waals surface area contributed by atoms with Gasteiger partial charge in [0, 0.05) is 12.6 Å². The molecule has 0 atom stereocenters. The Bertz CT molecular complexity index is 1260. The second-order valence-corrected chi connectivity index (χ2v) is 9.88. The molecular formula is C22H20ClN5O2S. The fraction of sp³-hybridized carbons (Fsp3) is 0.318. The van der Waals surface area contributed by atoms with Crippen molar-refractivity contribution in [3.8, 4) is 10.6 Å². The van der Waals surface area contributed by atoms with Crippen LogP contribution in [-0.4, -0.2) is 33.5 Å². The summed E-state index contributed by atoms with van der Waals surface area (Å²) in [5.41, 5.74) is 2.06. The van der Waals surface area contributed by atoms with E-state index < -0.39 is 0 Å². The fourth-order valence-electron chi connectivity index (χ4n) is 4.90. The molecular weight excluding hydrogens is 434 g/mol. The van der Waals surface area contributed by atoms with Crippen LogP contribution in [-0.2, 0) is 0 Å². The Labute approximate surface area is 187 Å². The van der Waals surface area contributed by atoms with E-state index in [1.54, 1.807) is 12.3 Å². The van der Waals surface area contributed by atoms with E-state index in [0.29, 0.717) is 33.1 Å². The third kappa shape index (κ3) is 3.17. The lowest BCUT2D eigenvalue weighted by Crippen LogP contribution is -2.40. The lowest BCUT2D eigenvalue weighted by atomic mass is 9.65. The first-order chi connectivity index (χ1) is 15.1. The van der Waals surface area contributed by atoms with Crippen LogP contribution in [0.15, 0.2) is 47.3 Å². The molecule has 1 aliphatic carbocycles. The molecule has 1 saturated carbocycles. The first-order valence-corrected chi connectivity index (χ1v) is 11.5. The van der Waals surface area contributed by atoms with Gasteiger partial charge in [-0.2, -0.15) is 0 Å². The van der Waals surface area contributed by atoms with E-state index in [1.807, 2.05) is 24.3 Å². The molecule has 0 radical (unpaired) electrons. The fourth-order valence-corrected chi connectivity index (χ4v) is 5.97. The summed E-state index contributed by atoms with van der Waals surface area (Å²) in [6, 6.07) is 9.74. The Morgan fingerprint density at radius 3 is 3.00 bits per heavy atom. The highest BCUT2D eigenvalue weighted by atomic mass is 35.5. The number of thiophene rings is 1. The van der Waals surface area contributed by atoms with Crippen LogP contribution >= 0.6 is 22.9 Å². The molecule has 1 saturated heterocycles. The van der Waals surface area contributed by atoms with Crippen molar-refractivity contribution in [2.75, 3.05) is 18.4 Å². The Hall–Kier alpha value is -2.68. The number of aromatic nitrogens is 3. The summed E-state index contributed by atoms with van der Waals surface area (Å²) in [6.07, 6.45) is 6.38. The maximum Gasteiger partial charge on any atom is 0.268 e. The number of rotatable bonds is 4. The number of carbonyl (C=O) groups excluding carboxylic acids is 1. The quantitative estimate of drug-likeness (QED) is 0.455. The first-order valence-electron chi connectivity index (χ1n) is 10.3. The lowest BCUT2D eigenvalue weighted by molar-refractivity contribution is 0.0874. The molecule has 4 aromatic rings. The second-order valence-electron chi connectivity index (χ2n) is 8.39. The van der Waals surface area contributed by atoms with Gasteiger partial charge in [-0.15, -0.1) is 11.3 Å². The maximum atomic E-state index is 13.0. The molecule has 2 aliphatic rings. The summed E-state index contributed by atoms with van der Waals surface area (Å²) >= 11 is 7.79. The third-order valence-electron chi connectivity index (χ3n) is 6.44. The highest BCUT2D eigenvalue weighted by Gasteiger charge is 2.47. The summed E-state index contributed by atoms with van der Waals surface area (Å²) < 4.78 is 7.49. The number of imidazole rings is 1. The number of hydrogen-bond acceptors (Lipinski definition) is 6. The predicted octanol–water partition coefficient (Wildman–Crippen LogP) is 4.97. The second kappa shape index (κ2) is 7.19. The van der Waals surface area contributed by atoms with Gasteiger partial charge in [0.1, 0.15) is 5.52 Å². The number of amides is 1. The van der Waals surface area contributed by atoms with Crippen molar-refractivity contribution < 1.29 is 9.21 Å². The van der Waals surface area contributed by atoms with Gasteiger partial charge in [0.25, 0.3) is 5.91 Å². The molecule has 7 nitrogen and oxygen atoms in total. The molecule has 6 rings (SSSR count). The average molecular weight is 454 g/mol. The molecule has 0 bridgehead atoms. The summed E-state index contributed by atoms with van der Waals surface area (Å²) in [4.78, 5) is 23.1. The molecule has 31 heavy (non-hydrogen) atoms. The van der Waals surface area contributed by atoms with Crippen LogP contribution in [0.25, 0.3) is 21.7 Å². The van der Waals surface area contributed by atoms with Gasteiger partial charge in [0.15, 0.2) is 12.2 Å². The normalized spacial score (nSPS) is 22.8. The Morgan fingerprint density at radius 1 is 1.32 bits per heavy atom. The van der Waals surface area contributed by atoms with Gasteiger partial charge in [-0.1, -0.05) is 17.7 Å². The summed E-state index contributed by atoms with van der Waals surface area (Å²) in [7, 11) is 0. The van der Waals surface area contributed by atoms with Crippen LogP contribution in [0.2, 0.25) is 5.02 Å². The molecule has 4 heterocycles. The Morgan fingerprint density at radius 2 is 2.23 bits per heavy atom. The van der Waals surface area contributed by atoms with Crippen LogP contribution in [0.4, 0.5) is 5.95 Å². The smallest absolute Gasteiger partial charge is 0.268 e. The lowest BCUT2D eigenvalue weighted by Gasteiger charge is -2.46. The zero-order valence-electron chi connectivity index (χ0n) is 16.6. The molecule has 3 aromatic heterocycles.